The molecule has 0 bridgehead atoms. The minimum absolute atomic E-state index is 0.158. The summed E-state index contributed by atoms with van der Waals surface area (Å²) in [6, 6.07) is 14.7. The molecule has 0 heterocycles. The number of ether oxygens (including phenoxy) is 1. The Labute approximate surface area is 189 Å². The summed E-state index contributed by atoms with van der Waals surface area (Å²) >= 11 is 0. The fourth-order valence-electron chi connectivity index (χ4n) is 2.65. The van der Waals surface area contributed by atoms with E-state index in [9.17, 15) is 22.4 Å². The quantitative estimate of drug-likeness (QED) is 0.311. The minimum atomic E-state index is -5.08. The van der Waals surface area contributed by atoms with Crippen molar-refractivity contribution in [1.29, 1.82) is 0 Å². The summed E-state index contributed by atoms with van der Waals surface area (Å²) in [5, 5.41) is 18.8. The van der Waals surface area contributed by atoms with Crippen LogP contribution in [0.2, 0.25) is 0 Å². The van der Waals surface area contributed by atoms with Crippen LogP contribution in [0, 0.1) is 5.82 Å². The predicted octanol–water partition coefficient (Wildman–Crippen LogP) is 4.47. The van der Waals surface area contributed by atoms with Gasteiger partial charge in [0.05, 0.1) is 13.0 Å². The number of nitrogens with one attached hydrogen (secondary N) is 1. The lowest BCUT2D eigenvalue weighted by atomic mass is 10.1. The lowest BCUT2D eigenvalue weighted by Crippen LogP contribution is -2.21. The molecule has 2 rings (SSSR count). The van der Waals surface area contributed by atoms with Crippen LogP contribution in [0.1, 0.15) is 30.4 Å². The van der Waals surface area contributed by atoms with E-state index in [0.29, 0.717) is 13.2 Å². The highest BCUT2D eigenvalue weighted by molar-refractivity contribution is 5.73. The summed E-state index contributed by atoms with van der Waals surface area (Å²) in [6.45, 7) is 1.92. The molecular formula is C23H27F4NO5. The SMILES string of the molecule is O=C(O)C(F)(F)F.O=C(O)CCNCCCc1ccc(OCCCc2cccc(F)c2)cc1. The van der Waals surface area contributed by atoms with Crippen LogP contribution in [0.25, 0.3) is 0 Å². The largest absolute Gasteiger partial charge is 0.494 e. The van der Waals surface area contributed by atoms with Gasteiger partial charge >= 0.3 is 18.1 Å². The third-order valence-electron chi connectivity index (χ3n) is 4.27. The van der Waals surface area contributed by atoms with Crippen molar-refractivity contribution in [3.63, 3.8) is 0 Å². The zero-order valence-electron chi connectivity index (χ0n) is 17.9. The number of carbonyl (C=O) groups is 2. The van der Waals surface area contributed by atoms with E-state index in [4.69, 9.17) is 19.7 Å². The molecule has 10 heteroatoms. The molecule has 0 atom stereocenters. The second-order valence-corrected chi connectivity index (χ2v) is 7.03. The molecule has 0 aliphatic rings. The molecule has 0 saturated carbocycles. The number of carboxylic acids is 2. The van der Waals surface area contributed by atoms with Crippen LogP contribution in [0.3, 0.4) is 0 Å². The third-order valence-corrected chi connectivity index (χ3v) is 4.27. The van der Waals surface area contributed by atoms with Gasteiger partial charge in [0.2, 0.25) is 0 Å². The number of alkyl halides is 3. The fourth-order valence-corrected chi connectivity index (χ4v) is 2.65. The Morgan fingerprint density at radius 1 is 0.909 bits per heavy atom. The van der Waals surface area contributed by atoms with Gasteiger partial charge < -0.3 is 20.3 Å². The van der Waals surface area contributed by atoms with Gasteiger partial charge in [-0.1, -0.05) is 24.3 Å². The molecule has 0 fully saturated rings. The summed E-state index contributed by atoms with van der Waals surface area (Å²) in [5.74, 6) is -2.89. The minimum Gasteiger partial charge on any atom is -0.494 e. The van der Waals surface area contributed by atoms with Gasteiger partial charge in [-0.3, -0.25) is 4.79 Å². The molecule has 0 aromatic heterocycles. The maximum Gasteiger partial charge on any atom is 0.490 e. The van der Waals surface area contributed by atoms with E-state index in [0.717, 1.165) is 43.5 Å². The van der Waals surface area contributed by atoms with Gasteiger partial charge in [-0.05, 0) is 67.6 Å². The topological polar surface area (TPSA) is 95.9 Å². The second-order valence-electron chi connectivity index (χ2n) is 7.03. The molecule has 0 unspecified atom stereocenters. The first-order valence-corrected chi connectivity index (χ1v) is 10.3. The average molecular weight is 473 g/mol. The first-order valence-electron chi connectivity index (χ1n) is 10.3. The molecule has 3 N–H and O–H groups in total. The predicted molar refractivity (Wildman–Crippen MR) is 114 cm³/mol. The number of aliphatic carboxylic acids is 2. The van der Waals surface area contributed by atoms with Gasteiger partial charge in [0, 0.05) is 6.54 Å². The van der Waals surface area contributed by atoms with Crippen LogP contribution in [-0.4, -0.2) is 48.0 Å². The number of rotatable bonds is 12. The number of hydrogen-bond donors (Lipinski definition) is 3. The lowest BCUT2D eigenvalue weighted by molar-refractivity contribution is -0.192. The van der Waals surface area contributed by atoms with Crippen LogP contribution < -0.4 is 10.1 Å². The van der Waals surface area contributed by atoms with Gasteiger partial charge in [0.15, 0.2) is 0 Å². The number of aryl methyl sites for hydroxylation is 2. The fraction of sp³-hybridized carbons (Fsp3) is 0.391. The molecule has 0 aliphatic heterocycles. The molecule has 182 valence electrons. The number of carboxylic acid groups (broad SMARTS) is 2. The van der Waals surface area contributed by atoms with Crippen molar-refractivity contribution in [2.75, 3.05) is 19.7 Å². The highest BCUT2D eigenvalue weighted by atomic mass is 19.4. The third kappa shape index (κ3) is 13.8. The smallest absolute Gasteiger partial charge is 0.490 e. The highest BCUT2D eigenvalue weighted by Crippen LogP contribution is 2.15. The number of benzene rings is 2. The summed E-state index contributed by atoms with van der Waals surface area (Å²) in [5.41, 5.74) is 2.22. The number of hydrogen-bond acceptors (Lipinski definition) is 4. The molecule has 2 aromatic rings. The molecular weight excluding hydrogens is 446 g/mol. The van der Waals surface area contributed by atoms with Crippen molar-refractivity contribution in [3.8, 4) is 5.75 Å². The summed E-state index contributed by atoms with van der Waals surface area (Å²) in [4.78, 5) is 19.3. The Hall–Kier alpha value is -3.14. The molecule has 33 heavy (non-hydrogen) atoms. The Morgan fingerprint density at radius 2 is 1.55 bits per heavy atom. The van der Waals surface area contributed by atoms with Crippen molar-refractivity contribution >= 4 is 11.9 Å². The first-order chi connectivity index (χ1) is 15.6. The van der Waals surface area contributed by atoms with E-state index >= 15 is 0 Å². The van der Waals surface area contributed by atoms with Crippen molar-refractivity contribution < 1.29 is 42.1 Å². The van der Waals surface area contributed by atoms with Crippen molar-refractivity contribution in [2.45, 2.75) is 38.3 Å². The van der Waals surface area contributed by atoms with E-state index in [2.05, 4.69) is 17.4 Å². The van der Waals surface area contributed by atoms with Crippen molar-refractivity contribution in [1.82, 2.24) is 5.32 Å². The first kappa shape index (κ1) is 27.9. The van der Waals surface area contributed by atoms with Crippen molar-refractivity contribution in [2.24, 2.45) is 0 Å². The van der Waals surface area contributed by atoms with Gasteiger partial charge in [0.25, 0.3) is 0 Å². The molecule has 6 nitrogen and oxygen atoms in total. The number of halogens is 4. The Kier molecular flexibility index (Phi) is 12.5. The van der Waals surface area contributed by atoms with E-state index < -0.39 is 18.1 Å². The molecule has 0 aliphatic carbocycles. The zero-order chi connectivity index (χ0) is 24.7. The second kappa shape index (κ2) is 14.8. The summed E-state index contributed by atoms with van der Waals surface area (Å²) in [7, 11) is 0. The van der Waals surface area contributed by atoms with Crippen LogP contribution in [0.4, 0.5) is 17.6 Å². The van der Waals surface area contributed by atoms with Crippen LogP contribution in [0.5, 0.6) is 5.75 Å². The van der Waals surface area contributed by atoms with Crippen LogP contribution >= 0.6 is 0 Å². The monoisotopic (exact) mass is 473 g/mol. The molecule has 0 saturated heterocycles. The zero-order valence-corrected chi connectivity index (χ0v) is 17.9. The Bertz CT molecular complexity index is 857. The van der Waals surface area contributed by atoms with Gasteiger partial charge in [-0.25, -0.2) is 9.18 Å². The Balaban J connectivity index is 0.000000675. The highest BCUT2D eigenvalue weighted by Gasteiger charge is 2.38. The van der Waals surface area contributed by atoms with Gasteiger partial charge in [-0.15, -0.1) is 0 Å². The Morgan fingerprint density at radius 3 is 2.12 bits per heavy atom. The maximum atomic E-state index is 13.1. The van der Waals surface area contributed by atoms with Crippen LogP contribution in [0.15, 0.2) is 48.5 Å². The van der Waals surface area contributed by atoms with Gasteiger partial charge in [-0.2, -0.15) is 13.2 Å². The normalized spacial score (nSPS) is 10.8. The summed E-state index contributed by atoms with van der Waals surface area (Å²) in [6.07, 6.45) is -1.38. The van der Waals surface area contributed by atoms with Gasteiger partial charge in [0.1, 0.15) is 11.6 Å². The average Bonchev–Trinajstić information content (AvgIpc) is 2.74. The van der Waals surface area contributed by atoms with E-state index in [1.165, 1.54) is 11.6 Å². The van der Waals surface area contributed by atoms with E-state index in [1.807, 2.05) is 18.2 Å². The van der Waals surface area contributed by atoms with E-state index in [1.54, 1.807) is 12.1 Å². The van der Waals surface area contributed by atoms with Crippen LogP contribution in [-0.2, 0) is 22.4 Å². The molecule has 0 spiro atoms. The maximum absolute atomic E-state index is 13.1. The molecule has 2 aromatic carbocycles. The lowest BCUT2D eigenvalue weighted by Gasteiger charge is -2.08. The van der Waals surface area contributed by atoms with Crippen molar-refractivity contribution in [3.05, 3.63) is 65.5 Å². The molecule has 0 radical (unpaired) electrons. The van der Waals surface area contributed by atoms with E-state index in [-0.39, 0.29) is 12.2 Å². The standard InChI is InChI=1S/C21H26FNO3.C2HF3O2/c22-19-7-1-4-18(16-19)6-3-15-26-20-10-8-17(9-11-20)5-2-13-23-14-12-21(24)25;3-2(4,5)1(6)7/h1,4,7-11,16,23H,2-3,5-6,12-15H2,(H,24,25);(H,6,7). The molecule has 0 amide bonds. The summed E-state index contributed by atoms with van der Waals surface area (Å²) < 4.78 is 50.6.